The first-order valence-corrected chi connectivity index (χ1v) is 9.06. The summed E-state index contributed by atoms with van der Waals surface area (Å²) in [6.07, 6.45) is 0. The van der Waals surface area contributed by atoms with Crippen molar-refractivity contribution in [2.45, 2.75) is 24.3 Å². The second kappa shape index (κ2) is 7.28. The first kappa shape index (κ1) is 17.5. The van der Waals surface area contributed by atoms with Crippen molar-refractivity contribution >= 4 is 34.1 Å². The molecule has 1 N–H and O–H groups in total. The van der Waals surface area contributed by atoms with Crippen molar-refractivity contribution in [3.05, 3.63) is 35.1 Å². The number of thioether (sulfide) groups is 1. The van der Waals surface area contributed by atoms with Crippen molar-refractivity contribution in [3.63, 3.8) is 0 Å². The van der Waals surface area contributed by atoms with E-state index in [4.69, 9.17) is 0 Å². The lowest BCUT2D eigenvalue weighted by molar-refractivity contribution is -0.115. The standard InChI is InChI=1S/C15H15FN6OS2/c1-8(13(23)17-14-20-18-9(2)25-14)24-15-21-19-12(22(15)3)10-5-4-6-11(16)7-10/h4-8H,1-3H3,(H,17,20,23)/t8-/m0/s1. The van der Waals surface area contributed by atoms with Crippen LogP contribution in [-0.4, -0.2) is 36.1 Å². The predicted octanol–water partition coefficient (Wildman–Crippen LogP) is 2.90. The van der Waals surface area contributed by atoms with Gasteiger partial charge in [-0.15, -0.1) is 20.4 Å². The molecule has 3 rings (SSSR count). The fourth-order valence-corrected chi connectivity index (χ4v) is 3.47. The van der Waals surface area contributed by atoms with Gasteiger partial charge in [0.05, 0.1) is 5.25 Å². The Hall–Kier alpha value is -2.33. The van der Waals surface area contributed by atoms with Gasteiger partial charge in [0.15, 0.2) is 11.0 Å². The Morgan fingerprint density at radius 2 is 2.12 bits per heavy atom. The Balaban J connectivity index is 1.71. The molecule has 0 aliphatic rings. The molecule has 0 aliphatic heterocycles. The first-order chi connectivity index (χ1) is 11.9. The number of amides is 1. The SMILES string of the molecule is Cc1nnc(NC(=O)[C@H](C)Sc2nnc(-c3cccc(F)c3)n2C)s1. The van der Waals surface area contributed by atoms with E-state index in [2.05, 4.69) is 25.7 Å². The Labute approximate surface area is 151 Å². The van der Waals surface area contributed by atoms with Crippen LogP contribution in [0.15, 0.2) is 29.4 Å². The summed E-state index contributed by atoms with van der Waals surface area (Å²) in [5.41, 5.74) is 0.628. The van der Waals surface area contributed by atoms with E-state index in [-0.39, 0.29) is 11.7 Å². The molecule has 0 unspecified atom stereocenters. The summed E-state index contributed by atoms with van der Waals surface area (Å²) in [4.78, 5) is 12.3. The number of carbonyl (C=O) groups is 1. The van der Waals surface area contributed by atoms with Crippen molar-refractivity contribution in [3.8, 4) is 11.4 Å². The van der Waals surface area contributed by atoms with Gasteiger partial charge in [-0.25, -0.2) is 4.39 Å². The number of nitrogens with zero attached hydrogens (tertiary/aromatic N) is 5. The molecule has 0 saturated carbocycles. The van der Waals surface area contributed by atoms with Crippen LogP contribution in [-0.2, 0) is 11.8 Å². The zero-order valence-corrected chi connectivity index (χ0v) is 15.4. The van der Waals surface area contributed by atoms with E-state index in [1.165, 1.54) is 35.2 Å². The second-order valence-electron chi connectivity index (χ2n) is 5.25. The molecular weight excluding hydrogens is 363 g/mol. The number of hydrogen-bond acceptors (Lipinski definition) is 7. The average molecular weight is 378 g/mol. The van der Waals surface area contributed by atoms with Crippen LogP contribution in [0.5, 0.6) is 0 Å². The highest BCUT2D eigenvalue weighted by Gasteiger charge is 2.20. The summed E-state index contributed by atoms with van der Waals surface area (Å²) in [7, 11) is 1.78. The number of benzene rings is 1. The highest BCUT2D eigenvalue weighted by molar-refractivity contribution is 8.00. The van der Waals surface area contributed by atoms with Crippen LogP contribution < -0.4 is 5.32 Å². The van der Waals surface area contributed by atoms with Gasteiger partial charge in [-0.05, 0) is 26.0 Å². The maximum atomic E-state index is 13.4. The largest absolute Gasteiger partial charge is 0.305 e. The zero-order chi connectivity index (χ0) is 18.0. The number of aromatic nitrogens is 5. The van der Waals surface area contributed by atoms with Crippen molar-refractivity contribution in [2.75, 3.05) is 5.32 Å². The number of aryl methyl sites for hydroxylation is 1. The fraction of sp³-hybridized carbons (Fsp3) is 0.267. The topological polar surface area (TPSA) is 85.6 Å². The number of carbonyl (C=O) groups excluding carboxylic acids is 1. The van der Waals surface area contributed by atoms with Crippen LogP contribution in [0, 0.1) is 12.7 Å². The van der Waals surface area contributed by atoms with E-state index >= 15 is 0 Å². The van der Waals surface area contributed by atoms with Gasteiger partial charge in [-0.2, -0.15) is 0 Å². The molecule has 0 spiro atoms. The monoisotopic (exact) mass is 378 g/mol. The van der Waals surface area contributed by atoms with E-state index in [0.717, 1.165) is 5.01 Å². The molecule has 0 radical (unpaired) electrons. The fourth-order valence-electron chi connectivity index (χ4n) is 2.06. The van der Waals surface area contributed by atoms with Gasteiger partial charge in [-0.1, -0.05) is 35.2 Å². The Morgan fingerprint density at radius 3 is 2.80 bits per heavy atom. The smallest absolute Gasteiger partial charge is 0.239 e. The Morgan fingerprint density at radius 1 is 1.32 bits per heavy atom. The van der Waals surface area contributed by atoms with Crippen LogP contribution in [0.2, 0.25) is 0 Å². The van der Waals surface area contributed by atoms with Gasteiger partial charge >= 0.3 is 0 Å². The summed E-state index contributed by atoms with van der Waals surface area (Å²) in [5, 5.41) is 20.1. The van der Waals surface area contributed by atoms with Crippen molar-refractivity contribution in [1.82, 2.24) is 25.0 Å². The summed E-state index contributed by atoms with van der Waals surface area (Å²) >= 11 is 2.58. The molecule has 1 atom stereocenters. The minimum absolute atomic E-state index is 0.198. The summed E-state index contributed by atoms with van der Waals surface area (Å²) in [5.74, 6) is 0.000566. The molecule has 0 saturated heterocycles. The number of hydrogen-bond donors (Lipinski definition) is 1. The molecule has 0 bridgehead atoms. The summed E-state index contributed by atoms with van der Waals surface area (Å²) in [6, 6.07) is 6.14. The first-order valence-electron chi connectivity index (χ1n) is 7.37. The second-order valence-corrected chi connectivity index (χ2v) is 7.74. The molecule has 1 amide bonds. The van der Waals surface area contributed by atoms with Gasteiger partial charge in [-0.3, -0.25) is 10.1 Å². The summed E-state index contributed by atoms with van der Waals surface area (Å²) < 4.78 is 15.1. The number of rotatable bonds is 5. The van der Waals surface area contributed by atoms with Crippen LogP contribution in [0.4, 0.5) is 9.52 Å². The third-order valence-corrected chi connectivity index (χ3v) is 5.21. The molecule has 10 heteroatoms. The average Bonchev–Trinajstić information content (AvgIpc) is 3.14. The van der Waals surface area contributed by atoms with Crippen LogP contribution >= 0.6 is 23.1 Å². The van der Waals surface area contributed by atoms with E-state index in [1.54, 1.807) is 30.7 Å². The van der Waals surface area contributed by atoms with E-state index in [1.807, 2.05) is 6.92 Å². The van der Waals surface area contributed by atoms with Gasteiger partial charge in [0.25, 0.3) is 0 Å². The van der Waals surface area contributed by atoms with E-state index in [9.17, 15) is 9.18 Å². The van der Waals surface area contributed by atoms with Gasteiger partial charge in [0.2, 0.25) is 11.0 Å². The van der Waals surface area contributed by atoms with E-state index in [0.29, 0.717) is 21.7 Å². The van der Waals surface area contributed by atoms with Crippen LogP contribution in [0.1, 0.15) is 11.9 Å². The van der Waals surface area contributed by atoms with Gasteiger partial charge < -0.3 is 4.57 Å². The molecule has 2 aromatic heterocycles. The number of halogens is 1. The molecule has 0 aliphatic carbocycles. The lowest BCUT2D eigenvalue weighted by Gasteiger charge is -2.10. The predicted molar refractivity (Wildman–Crippen MR) is 95.0 cm³/mol. The molecule has 7 nitrogen and oxygen atoms in total. The minimum atomic E-state index is -0.410. The minimum Gasteiger partial charge on any atom is -0.305 e. The molecule has 2 heterocycles. The van der Waals surface area contributed by atoms with Crippen LogP contribution in [0.3, 0.4) is 0 Å². The summed E-state index contributed by atoms with van der Waals surface area (Å²) in [6.45, 7) is 3.59. The Bertz CT molecular complexity index is 909. The number of anilines is 1. The van der Waals surface area contributed by atoms with E-state index < -0.39 is 5.25 Å². The van der Waals surface area contributed by atoms with Crippen LogP contribution in [0.25, 0.3) is 11.4 Å². The molecule has 130 valence electrons. The molecule has 1 aromatic carbocycles. The highest BCUT2D eigenvalue weighted by atomic mass is 32.2. The normalized spacial score (nSPS) is 12.2. The maximum Gasteiger partial charge on any atom is 0.239 e. The van der Waals surface area contributed by atoms with Crippen molar-refractivity contribution in [1.29, 1.82) is 0 Å². The van der Waals surface area contributed by atoms with Crippen molar-refractivity contribution < 1.29 is 9.18 Å². The highest BCUT2D eigenvalue weighted by Crippen LogP contribution is 2.26. The molecule has 25 heavy (non-hydrogen) atoms. The number of nitrogens with one attached hydrogen (secondary N) is 1. The zero-order valence-electron chi connectivity index (χ0n) is 13.7. The Kier molecular flexibility index (Phi) is 5.09. The molecular formula is C15H15FN6OS2. The molecule has 3 aromatic rings. The third-order valence-electron chi connectivity index (χ3n) is 3.33. The van der Waals surface area contributed by atoms with Gasteiger partial charge in [0, 0.05) is 12.6 Å². The molecule has 0 fully saturated rings. The van der Waals surface area contributed by atoms with Crippen molar-refractivity contribution in [2.24, 2.45) is 7.05 Å². The third kappa shape index (κ3) is 4.02. The maximum absolute atomic E-state index is 13.4. The quantitative estimate of drug-likeness (QED) is 0.687. The van der Waals surface area contributed by atoms with Gasteiger partial charge in [0.1, 0.15) is 10.8 Å². The lowest BCUT2D eigenvalue weighted by Crippen LogP contribution is -2.22. The lowest BCUT2D eigenvalue weighted by atomic mass is 10.2.